The topological polar surface area (TPSA) is 53.6 Å². The van der Waals surface area contributed by atoms with Gasteiger partial charge < -0.3 is 14.5 Å². The fourth-order valence-electron chi connectivity index (χ4n) is 2.01. The Morgan fingerprint density at radius 3 is 2.29 bits per heavy atom. The van der Waals surface area contributed by atoms with Crippen LogP contribution in [0, 0.1) is 0 Å². The molecule has 2 N–H and O–H groups in total. The summed E-state index contributed by atoms with van der Waals surface area (Å²) in [6.07, 6.45) is 0. The molecule has 0 fully saturated rings. The fraction of sp³-hybridized carbons (Fsp3) is 0. The number of fused-ring (bicyclic) bond motifs is 3. The molecule has 0 saturated heterocycles. The van der Waals surface area contributed by atoms with Gasteiger partial charge in [0, 0.05) is 16.2 Å². The number of benzene rings is 2. The second kappa shape index (κ2) is 3.87. The van der Waals surface area contributed by atoms with E-state index in [1.807, 2.05) is 24.3 Å². The van der Waals surface area contributed by atoms with Crippen LogP contribution in [-0.2, 0) is 0 Å². The van der Waals surface area contributed by atoms with Gasteiger partial charge in [-0.25, -0.2) is 0 Å². The van der Waals surface area contributed by atoms with Crippen molar-refractivity contribution >= 4 is 50.4 Å². The molecule has 0 amide bonds. The van der Waals surface area contributed by atoms with E-state index in [0.29, 0.717) is 11.0 Å². The highest BCUT2D eigenvalue weighted by Crippen LogP contribution is 2.32. The molecular weight excluding hydrogens is 283 g/mol. The zero-order chi connectivity index (χ0) is 12.0. The maximum Gasteiger partial charge on any atom is 0.492 e. The second-order valence-corrected chi connectivity index (χ2v) is 4.67. The van der Waals surface area contributed by atoms with Crippen LogP contribution in [0.3, 0.4) is 0 Å². The molecule has 3 rings (SSSR count). The molecular formula is C12H8BBrO3. The van der Waals surface area contributed by atoms with E-state index >= 15 is 0 Å². The predicted molar refractivity (Wildman–Crippen MR) is 71.2 cm³/mol. The first-order valence-electron chi connectivity index (χ1n) is 5.14. The van der Waals surface area contributed by atoms with Crippen molar-refractivity contribution in [1.29, 1.82) is 0 Å². The lowest BCUT2D eigenvalue weighted by Gasteiger charge is -1.98. The number of furan rings is 1. The lowest BCUT2D eigenvalue weighted by Crippen LogP contribution is -2.29. The Morgan fingerprint density at radius 1 is 0.941 bits per heavy atom. The van der Waals surface area contributed by atoms with Gasteiger partial charge in [-0.3, -0.25) is 0 Å². The van der Waals surface area contributed by atoms with E-state index in [0.717, 1.165) is 20.8 Å². The summed E-state index contributed by atoms with van der Waals surface area (Å²) in [6, 6.07) is 11.1. The Hall–Kier alpha value is -1.30. The maximum atomic E-state index is 9.30. The van der Waals surface area contributed by atoms with Gasteiger partial charge in [0.1, 0.15) is 11.2 Å². The molecule has 5 heteroatoms. The minimum Gasteiger partial charge on any atom is -0.455 e. The molecule has 2 aromatic carbocycles. The van der Waals surface area contributed by atoms with Crippen LogP contribution in [0.5, 0.6) is 0 Å². The summed E-state index contributed by atoms with van der Waals surface area (Å²) in [6.45, 7) is 0. The Kier molecular flexibility index (Phi) is 2.47. The van der Waals surface area contributed by atoms with Gasteiger partial charge in [-0.2, -0.15) is 0 Å². The molecule has 3 nitrogen and oxygen atoms in total. The molecule has 0 spiro atoms. The molecule has 84 valence electrons. The van der Waals surface area contributed by atoms with Gasteiger partial charge in [0.05, 0.1) is 4.47 Å². The molecule has 17 heavy (non-hydrogen) atoms. The van der Waals surface area contributed by atoms with Crippen LogP contribution in [0.4, 0.5) is 0 Å². The minimum atomic E-state index is -1.53. The largest absolute Gasteiger partial charge is 0.492 e. The van der Waals surface area contributed by atoms with E-state index in [-0.39, 0.29) is 0 Å². The predicted octanol–water partition coefficient (Wildman–Crippen LogP) is 2.03. The summed E-state index contributed by atoms with van der Waals surface area (Å²) in [7, 11) is -1.53. The maximum absolute atomic E-state index is 9.30. The molecule has 0 unspecified atom stereocenters. The van der Waals surface area contributed by atoms with Crippen molar-refractivity contribution in [3.05, 3.63) is 40.9 Å². The first-order valence-corrected chi connectivity index (χ1v) is 5.93. The number of rotatable bonds is 1. The molecule has 3 aromatic rings. The van der Waals surface area contributed by atoms with Crippen LogP contribution in [0.25, 0.3) is 21.9 Å². The van der Waals surface area contributed by atoms with Gasteiger partial charge in [0.15, 0.2) is 0 Å². The summed E-state index contributed by atoms with van der Waals surface area (Å²) in [5.74, 6) is 0. The zero-order valence-electron chi connectivity index (χ0n) is 8.72. The van der Waals surface area contributed by atoms with E-state index in [1.165, 1.54) is 0 Å². The first-order chi connectivity index (χ1) is 8.18. The van der Waals surface area contributed by atoms with Gasteiger partial charge in [0.2, 0.25) is 0 Å². The van der Waals surface area contributed by atoms with E-state index < -0.39 is 7.12 Å². The molecule has 1 aromatic heterocycles. The number of hydrogen-bond donors (Lipinski definition) is 2. The average molecular weight is 291 g/mol. The van der Waals surface area contributed by atoms with Gasteiger partial charge in [0.25, 0.3) is 0 Å². The van der Waals surface area contributed by atoms with Crippen molar-refractivity contribution in [3.8, 4) is 0 Å². The van der Waals surface area contributed by atoms with E-state index in [1.54, 1.807) is 12.1 Å². The third-order valence-electron chi connectivity index (χ3n) is 2.78. The van der Waals surface area contributed by atoms with Gasteiger partial charge in [-0.1, -0.05) is 30.3 Å². The monoisotopic (exact) mass is 290 g/mol. The van der Waals surface area contributed by atoms with Crippen LogP contribution in [0.15, 0.2) is 45.3 Å². The Bertz CT molecular complexity index is 705. The van der Waals surface area contributed by atoms with Crippen LogP contribution >= 0.6 is 15.9 Å². The van der Waals surface area contributed by atoms with Crippen LogP contribution in [0.1, 0.15) is 0 Å². The highest BCUT2D eigenvalue weighted by atomic mass is 79.9. The summed E-state index contributed by atoms with van der Waals surface area (Å²) < 4.78 is 6.56. The molecule has 0 aliphatic heterocycles. The van der Waals surface area contributed by atoms with Crippen LogP contribution in [0.2, 0.25) is 0 Å². The highest BCUT2D eigenvalue weighted by Gasteiger charge is 2.19. The lowest BCUT2D eigenvalue weighted by molar-refractivity contribution is 0.425. The first kappa shape index (κ1) is 10.8. The van der Waals surface area contributed by atoms with Crippen molar-refractivity contribution in [2.24, 2.45) is 0 Å². The van der Waals surface area contributed by atoms with Crippen molar-refractivity contribution < 1.29 is 14.5 Å². The highest BCUT2D eigenvalue weighted by molar-refractivity contribution is 9.10. The molecule has 0 aliphatic rings. The second-order valence-electron chi connectivity index (χ2n) is 3.82. The van der Waals surface area contributed by atoms with E-state index in [4.69, 9.17) is 4.42 Å². The fourth-order valence-corrected chi connectivity index (χ4v) is 2.46. The number of hydrogen-bond acceptors (Lipinski definition) is 3. The Morgan fingerprint density at radius 2 is 1.59 bits per heavy atom. The SMILES string of the molecule is OB(O)c1cccc2c1oc1c(Br)cccc12. The van der Waals surface area contributed by atoms with Crippen molar-refractivity contribution in [2.75, 3.05) is 0 Å². The van der Waals surface area contributed by atoms with Gasteiger partial charge in [-0.15, -0.1) is 0 Å². The average Bonchev–Trinajstić information content (AvgIpc) is 2.69. The zero-order valence-corrected chi connectivity index (χ0v) is 10.3. The van der Waals surface area contributed by atoms with Crippen LogP contribution in [-0.4, -0.2) is 17.2 Å². The molecule has 0 aliphatic carbocycles. The molecule has 0 bridgehead atoms. The summed E-state index contributed by atoms with van der Waals surface area (Å²) in [5, 5.41) is 20.4. The smallest absolute Gasteiger partial charge is 0.455 e. The summed E-state index contributed by atoms with van der Waals surface area (Å²) in [5.41, 5.74) is 1.62. The number of halogens is 1. The minimum absolute atomic E-state index is 0.380. The molecule has 0 saturated carbocycles. The molecule has 0 atom stereocenters. The van der Waals surface area contributed by atoms with E-state index in [9.17, 15) is 10.0 Å². The number of para-hydroxylation sites is 2. The van der Waals surface area contributed by atoms with Crippen molar-refractivity contribution in [3.63, 3.8) is 0 Å². The quantitative estimate of drug-likeness (QED) is 0.674. The third-order valence-corrected chi connectivity index (χ3v) is 3.41. The van der Waals surface area contributed by atoms with Crippen LogP contribution < -0.4 is 5.46 Å². The Labute approximate surface area is 106 Å². The van der Waals surface area contributed by atoms with Gasteiger partial charge >= 0.3 is 7.12 Å². The summed E-state index contributed by atoms with van der Waals surface area (Å²) in [4.78, 5) is 0. The normalized spacial score (nSPS) is 11.2. The standard InChI is InChI=1S/C12H8BBrO3/c14-10-6-2-4-8-7-3-1-5-9(13(15)16)11(7)17-12(8)10/h1-6,15-16H. The van der Waals surface area contributed by atoms with E-state index in [2.05, 4.69) is 15.9 Å². The van der Waals surface area contributed by atoms with Crippen molar-refractivity contribution in [2.45, 2.75) is 0 Å². The lowest BCUT2D eigenvalue weighted by atomic mass is 9.79. The molecule has 0 radical (unpaired) electrons. The summed E-state index contributed by atoms with van der Waals surface area (Å²) >= 11 is 3.42. The Balaban J connectivity index is 2.51. The third kappa shape index (κ3) is 1.58. The molecule has 1 heterocycles. The van der Waals surface area contributed by atoms with Crippen molar-refractivity contribution in [1.82, 2.24) is 0 Å². The van der Waals surface area contributed by atoms with Gasteiger partial charge in [-0.05, 0) is 22.0 Å².